The Hall–Kier alpha value is -1.88. The first-order chi connectivity index (χ1) is 11.1. The van der Waals surface area contributed by atoms with E-state index in [1.54, 1.807) is 18.0 Å². The van der Waals surface area contributed by atoms with Gasteiger partial charge in [-0.25, -0.2) is 0 Å². The van der Waals surface area contributed by atoms with Crippen LogP contribution in [0.1, 0.15) is 36.0 Å². The molecule has 1 saturated carbocycles. The van der Waals surface area contributed by atoms with E-state index in [0.29, 0.717) is 11.3 Å². The van der Waals surface area contributed by atoms with Crippen molar-refractivity contribution in [2.24, 2.45) is 5.92 Å². The first kappa shape index (κ1) is 16.0. The van der Waals surface area contributed by atoms with E-state index in [1.807, 2.05) is 18.2 Å². The van der Waals surface area contributed by atoms with E-state index < -0.39 is 0 Å². The van der Waals surface area contributed by atoms with E-state index in [2.05, 4.69) is 17.3 Å². The standard InChI is InChI=1S/C18H25N3O2/c1-20-11-5-6-14(12-20)19-17(22)15-7-3-4-8-16(15)21(2)18(23)13-9-10-13/h3-4,7-8,13-14H,5-6,9-12H2,1-2H3,(H,19,22)/t14-/m1/s1. The van der Waals surface area contributed by atoms with E-state index in [4.69, 9.17) is 0 Å². The average Bonchev–Trinajstić information content (AvgIpc) is 3.38. The van der Waals surface area contributed by atoms with Crippen molar-refractivity contribution in [3.63, 3.8) is 0 Å². The molecule has 0 bridgehead atoms. The highest BCUT2D eigenvalue weighted by molar-refractivity contribution is 6.05. The number of nitrogens with zero attached hydrogens (tertiary/aromatic N) is 2. The number of hydrogen-bond acceptors (Lipinski definition) is 3. The van der Waals surface area contributed by atoms with Crippen molar-refractivity contribution in [3.8, 4) is 0 Å². The Bertz CT molecular complexity index is 598. The third-order valence-corrected chi connectivity index (χ3v) is 4.73. The molecule has 124 valence electrons. The fourth-order valence-corrected chi connectivity index (χ4v) is 3.23. The van der Waals surface area contributed by atoms with Gasteiger partial charge >= 0.3 is 0 Å². The molecule has 0 unspecified atom stereocenters. The van der Waals surface area contributed by atoms with E-state index in [9.17, 15) is 9.59 Å². The molecule has 5 nitrogen and oxygen atoms in total. The highest BCUT2D eigenvalue weighted by Gasteiger charge is 2.33. The predicted octanol–water partition coefficient (Wildman–Crippen LogP) is 1.88. The molecule has 1 aromatic carbocycles. The van der Waals surface area contributed by atoms with Crippen LogP contribution >= 0.6 is 0 Å². The first-order valence-electron chi connectivity index (χ1n) is 8.42. The maximum absolute atomic E-state index is 12.7. The maximum Gasteiger partial charge on any atom is 0.253 e. The van der Waals surface area contributed by atoms with Gasteiger partial charge in [0.2, 0.25) is 5.91 Å². The molecular weight excluding hydrogens is 290 g/mol. The second-order valence-electron chi connectivity index (χ2n) is 6.76. The Labute approximate surface area is 137 Å². The van der Waals surface area contributed by atoms with Crippen LogP contribution < -0.4 is 10.2 Å². The molecule has 23 heavy (non-hydrogen) atoms. The van der Waals surface area contributed by atoms with E-state index in [0.717, 1.165) is 38.8 Å². The average molecular weight is 315 g/mol. The van der Waals surface area contributed by atoms with Crippen LogP contribution in [0.15, 0.2) is 24.3 Å². The summed E-state index contributed by atoms with van der Waals surface area (Å²) in [4.78, 5) is 28.9. The molecule has 5 heteroatoms. The lowest BCUT2D eigenvalue weighted by Crippen LogP contribution is -2.46. The fourth-order valence-electron chi connectivity index (χ4n) is 3.23. The molecule has 2 fully saturated rings. The predicted molar refractivity (Wildman–Crippen MR) is 90.6 cm³/mol. The Kier molecular flexibility index (Phi) is 4.66. The Morgan fingerprint density at radius 2 is 1.96 bits per heavy atom. The smallest absolute Gasteiger partial charge is 0.253 e. The fraction of sp³-hybridized carbons (Fsp3) is 0.556. The number of para-hydroxylation sites is 1. The third kappa shape index (κ3) is 3.72. The topological polar surface area (TPSA) is 52.7 Å². The van der Waals surface area contributed by atoms with Crippen molar-refractivity contribution in [2.45, 2.75) is 31.7 Å². The lowest BCUT2D eigenvalue weighted by atomic mass is 10.0. The van der Waals surface area contributed by atoms with E-state index in [1.165, 1.54) is 0 Å². The van der Waals surface area contributed by atoms with Gasteiger partial charge in [0, 0.05) is 25.6 Å². The zero-order chi connectivity index (χ0) is 16.4. The van der Waals surface area contributed by atoms with E-state index >= 15 is 0 Å². The summed E-state index contributed by atoms with van der Waals surface area (Å²) < 4.78 is 0. The molecule has 0 radical (unpaired) electrons. The SMILES string of the molecule is CN1CCC[C@@H](NC(=O)c2ccccc2N(C)C(=O)C2CC2)C1. The van der Waals surface area contributed by atoms with Crippen LogP contribution in [0.25, 0.3) is 0 Å². The molecule has 1 aromatic rings. The summed E-state index contributed by atoms with van der Waals surface area (Å²) in [5.74, 6) is 0.169. The number of carbonyl (C=O) groups is 2. The lowest BCUT2D eigenvalue weighted by molar-refractivity contribution is -0.119. The maximum atomic E-state index is 12.7. The Morgan fingerprint density at radius 3 is 2.65 bits per heavy atom. The van der Waals surface area contributed by atoms with Crippen molar-refractivity contribution in [3.05, 3.63) is 29.8 Å². The summed E-state index contributed by atoms with van der Waals surface area (Å²) in [6.45, 7) is 1.96. The van der Waals surface area contributed by atoms with Crippen LogP contribution in [-0.4, -0.2) is 49.9 Å². The first-order valence-corrected chi connectivity index (χ1v) is 8.42. The molecule has 1 atom stereocenters. The summed E-state index contributed by atoms with van der Waals surface area (Å²) in [6, 6.07) is 7.55. The summed E-state index contributed by atoms with van der Waals surface area (Å²) >= 11 is 0. The Balaban J connectivity index is 1.73. The number of benzene rings is 1. The summed E-state index contributed by atoms with van der Waals surface area (Å²) in [5, 5.41) is 3.13. The van der Waals surface area contributed by atoms with Gasteiger partial charge in [-0.05, 0) is 51.4 Å². The second-order valence-corrected chi connectivity index (χ2v) is 6.76. The van der Waals surface area contributed by atoms with Crippen molar-refractivity contribution in [1.82, 2.24) is 10.2 Å². The number of carbonyl (C=O) groups excluding carboxylic acids is 2. The van der Waals surface area contributed by atoms with Crippen LogP contribution in [0.4, 0.5) is 5.69 Å². The van der Waals surface area contributed by atoms with Gasteiger partial charge in [-0.3, -0.25) is 9.59 Å². The van der Waals surface area contributed by atoms with Crippen LogP contribution in [-0.2, 0) is 4.79 Å². The molecule has 0 aromatic heterocycles. The highest BCUT2D eigenvalue weighted by Crippen LogP contribution is 2.33. The zero-order valence-electron chi connectivity index (χ0n) is 13.9. The summed E-state index contributed by atoms with van der Waals surface area (Å²) in [7, 11) is 3.84. The number of piperidine rings is 1. The van der Waals surface area contributed by atoms with Gasteiger partial charge in [0.25, 0.3) is 5.91 Å². The third-order valence-electron chi connectivity index (χ3n) is 4.73. The monoisotopic (exact) mass is 315 g/mol. The number of anilines is 1. The molecule has 1 saturated heterocycles. The van der Waals surface area contributed by atoms with Crippen LogP contribution in [0, 0.1) is 5.92 Å². The minimum atomic E-state index is -0.0867. The van der Waals surface area contributed by atoms with Gasteiger partial charge in [0.05, 0.1) is 11.3 Å². The van der Waals surface area contributed by atoms with Gasteiger partial charge in [-0.2, -0.15) is 0 Å². The minimum absolute atomic E-state index is 0.0867. The number of likely N-dealkylation sites (N-methyl/N-ethyl adjacent to an activating group) is 1. The van der Waals surface area contributed by atoms with Crippen molar-refractivity contribution in [2.75, 3.05) is 32.1 Å². The lowest BCUT2D eigenvalue weighted by Gasteiger charge is -2.30. The number of rotatable bonds is 4. The van der Waals surface area contributed by atoms with E-state index in [-0.39, 0.29) is 23.8 Å². The van der Waals surface area contributed by atoms with Crippen molar-refractivity contribution < 1.29 is 9.59 Å². The molecule has 2 amide bonds. The summed E-state index contributed by atoms with van der Waals surface area (Å²) in [5.41, 5.74) is 1.28. The largest absolute Gasteiger partial charge is 0.348 e. The van der Waals surface area contributed by atoms with Crippen LogP contribution in [0.5, 0.6) is 0 Å². The Morgan fingerprint density at radius 1 is 1.22 bits per heavy atom. The normalized spacial score (nSPS) is 21.7. The number of nitrogens with one attached hydrogen (secondary N) is 1. The highest BCUT2D eigenvalue weighted by atomic mass is 16.2. The molecule has 1 aliphatic carbocycles. The quantitative estimate of drug-likeness (QED) is 0.923. The molecule has 1 N–H and O–H groups in total. The molecule has 0 spiro atoms. The number of likely N-dealkylation sites (tertiary alicyclic amines) is 1. The molecule has 2 aliphatic rings. The van der Waals surface area contributed by atoms with Crippen LogP contribution in [0.3, 0.4) is 0 Å². The molecule has 1 aliphatic heterocycles. The molecular formula is C18H25N3O2. The second kappa shape index (κ2) is 6.71. The van der Waals surface area contributed by atoms with Gasteiger partial charge < -0.3 is 15.1 Å². The summed E-state index contributed by atoms with van der Waals surface area (Å²) in [6.07, 6.45) is 4.04. The number of hydrogen-bond donors (Lipinski definition) is 1. The minimum Gasteiger partial charge on any atom is -0.348 e. The van der Waals surface area contributed by atoms with Crippen molar-refractivity contribution in [1.29, 1.82) is 0 Å². The van der Waals surface area contributed by atoms with Gasteiger partial charge in [-0.15, -0.1) is 0 Å². The zero-order valence-corrected chi connectivity index (χ0v) is 13.9. The van der Waals surface area contributed by atoms with Gasteiger partial charge in [0.1, 0.15) is 0 Å². The molecule has 1 heterocycles. The van der Waals surface area contributed by atoms with Gasteiger partial charge in [0.15, 0.2) is 0 Å². The van der Waals surface area contributed by atoms with Gasteiger partial charge in [-0.1, -0.05) is 12.1 Å². The molecule has 3 rings (SSSR count). The van der Waals surface area contributed by atoms with Crippen LogP contribution in [0.2, 0.25) is 0 Å². The van der Waals surface area contributed by atoms with Crippen molar-refractivity contribution >= 4 is 17.5 Å². The number of amides is 2.